The van der Waals surface area contributed by atoms with E-state index in [9.17, 15) is 4.21 Å². The molecule has 0 bridgehead atoms. The summed E-state index contributed by atoms with van der Waals surface area (Å²) >= 11 is 0. The number of nitrogens with one attached hydrogen (secondary N) is 1. The van der Waals surface area contributed by atoms with Crippen molar-refractivity contribution in [2.75, 3.05) is 57.0 Å². The third-order valence-corrected chi connectivity index (χ3v) is 6.38. The first kappa shape index (κ1) is 25.5. The van der Waals surface area contributed by atoms with Gasteiger partial charge in [-0.2, -0.15) is 0 Å². The lowest BCUT2D eigenvalue weighted by Crippen LogP contribution is -2.52. The Morgan fingerprint density at radius 3 is 2.42 bits per heavy atom. The lowest BCUT2D eigenvalue weighted by atomic mass is 10.2. The Kier molecular flexibility index (Phi) is 11.1. The van der Waals surface area contributed by atoms with Gasteiger partial charge in [0.05, 0.1) is 19.3 Å². The highest BCUT2D eigenvalue weighted by atomic mass is 127. The lowest BCUT2D eigenvalue weighted by Gasteiger charge is -2.38. The van der Waals surface area contributed by atoms with E-state index in [2.05, 4.69) is 28.1 Å². The van der Waals surface area contributed by atoms with Gasteiger partial charge < -0.3 is 19.9 Å². The second kappa shape index (κ2) is 13.6. The summed E-state index contributed by atoms with van der Waals surface area (Å²) in [7, 11) is 0.809. The first-order chi connectivity index (χ1) is 14.7. The molecule has 2 aromatic rings. The van der Waals surface area contributed by atoms with Crippen LogP contribution in [0.3, 0.4) is 0 Å². The highest BCUT2D eigenvalue weighted by molar-refractivity contribution is 14.0. The monoisotopic (exact) mass is 556 g/mol. The zero-order chi connectivity index (χ0) is 21.2. The van der Waals surface area contributed by atoms with Gasteiger partial charge in [0, 0.05) is 55.0 Å². The molecule has 1 fully saturated rings. The lowest BCUT2D eigenvalue weighted by molar-refractivity contribution is 0.367. The average Bonchev–Trinajstić information content (AvgIpc) is 2.79. The molecule has 2 aromatic carbocycles. The first-order valence-corrected chi connectivity index (χ1v) is 12.0. The molecule has 1 N–H and O–H groups in total. The molecule has 8 heteroatoms. The summed E-state index contributed by atoms with van der Waals surface area (Å²) in [6, 6.07) is 18.1. The number of ether oxygens (including phenoxy) is 1. The fourth-order valence-electron chi connectivity index (χ4n) is 3.56. The molecule has 1 atom stereocenters. The van der Waals surface area contributed by atoms with Crippen LogP contribution >= 0.6 is 24.0 Å². The standard InChI is InChI=1S/C23H32N4O2S.HI/c1-3-24-23(25-13-18-30(28)19-20-9-5-4-6-10-20)27-16-14-26(15-17-27)21-11-7-8-12-22(21)29-2;/h4-12H,3,13-19H2,1-2H3,(H,24,25);1H. The summed E-state index contributed by atoms with van der Waals surface area (Å²) in [5, 5.41) is 3.39. The van der Waals surface area contributed by atoms with E-state index >= 15 is 0 Å². The predicted octanol–water partition coefficient (Wildman–Crippen LogP) is 3.35. The van der Waals surface area contributed by atoms with Crippen molar-refractivity contribution in [2.24, 2.45) is 4.99 Å². The summed E-state index contributed by atoms with van der Waals surface area (Å²) in [4.78, 5) is 9.39. The van der Waals surface area contributed by atoms with E-state index in [-0.39, 0.29) is 24.0 Å². The van der Waals surface area contributed by atoms with Crippen LogP contribution in [0.4, 0.5) is 5.69 Å². The van der Waals surface area contributed by atoms with Gasteiger partial charge in [-0.1, -0.05) is 42.5 Å². The summed E-state index contributed by atoms with van der Waals surface area (Å²) in [6.45, 7) is 7.05. The third kappa shape index (κ3) is 7.68. The van der Waals surface area contributed by atoms with Gasteiger partial charge in [0.1, 0.15) is 5.75 Å². The number of guanidine groups is 1. The highest BCUT2D eigenvalue weighted by Crippen LogP contribution is 2.28. The fourth-order valence-corrected chi connectivity index (χ4v) is 4.57. The van der Waals surface area contributed by atoms with Crippen molar-refractivity contribution in [3.05, 3.63) is 60.2 Å². The Morgan fingerprint density at radius 1 is 1.06 bits per heavy atom. The van der Waals surface area contributed by atoms with E-state index in [1.807, 2.05) is 48.5 Å². The van der Waals surface area contributed by atoms with Crippen molar-refractivity contribution >= 4 is 46.4 Å². The Labute approximate surface area is 205 Å². The van der Waals surface area contributed by atoms with Crippen LogP contribution in [0, 0.1) is 0 Å². The SMILES string of the molecule is CCNC(=NCCS(=O)Cc1ccccc1)N1CCN(c2ccccc2OC)CC1.I. The predicted molar refractivity (Wildman–Crippen MR) is 141 cm³/mol. The number of aliphatic imine (C=N–C) groups is 1. The number of methoxy groups -OCH3 is 1. The van der Waals surface area contributed by atoms with Gasteiger partial charge >= 0.3 is 0 Å². The van der Waals surface area contributed by atoms with E-state index in [4.69, 9.17) is 9.73 Å². The van der Waals surface area contributed by atoms with Crippen LogP contribution < -0.4 is 15.0 Å². The number of halogens is 1. The smallest absolute Gasteiger partial charge is 0.194 e. The van der Waals surface area contributed by atoms with Crippen LogP contribution in [0.2, 0.25) is 0 Å². The molecule has 0 spiro atoms. The molecule has 0 radical (unpaired) electrons. The van der Waals surface area contributed by atoms with E-state index in [1.165, 1.54) is 0 Å². The van der Waals surface area contributed by atoms with Crippen molar-refractivity contribution in [3.8, 4) is 5.75 Å². The molecule has 3 rings (SSSR count). The number of rotatable bonds is 8. The number of benzene rings is 2. The quantitative estimate of drug-likeness (QED) is 0.307. The minimum Gasteiger partial charge on any atom is -0.495 e. The Hall–Kier alpha value is -1.81. The molecule has 1 saturated heterocycles. The molecule has 1 aliphatic heterocycles. The normalized spacial score (nSPS) is 15.2. The van der Waals surface area contributed by atoms with Gasteiger partial charge in [0.15, 0.2) is 5.96 Å². The van der Waals surface area contributed by atoms with Crippen LogP contribution in [0.15, 0.2) is 59.6 Å². The van der Waals surface area contributed by atoms with Gasteiger partial charge in [0.25, 0.3) is 0 Å². The van der Waals surface area contributed by atoms with Crippen LogP contribution in [0.1, 0.15) is 12.5 Å². The molecular formula is C23H33IN4O2S. The number of nitrogens with zero attached hydrogens (tertiary/aromatic N) is 3. The van der Waals surface area contributed by atoms with E-state index < -0.39 is 10.8 Å². The molecule has 0 aliphatic carbocycles. The molecule has 6 nitrogen and oxygen atoms in total. The van der Waals surface area contributed by atoms with Crippen molar-refractivity contribution in [1.82, 2.24) is 10.2 Å². The van der Waals surface area contributed by atoms with E-state index in [0.717, 1.165) is 55.7 Å². The van der Waals surface area contributed by atoms with Crippen LogP contribution in [-0.4, -0.2) is 67.2 Å². The Morgan fingerprint density at radius 2 is 1.74 bits per heavy atom. The second-order valence-electron chi connectivity index (χ2n) is 7.16. The van der Waals surface area contributed by atoms with Crippen molar-refractivity contribution in [2.45, 2.75) is 12.7 Å². The highest BCUT2D eigenvalue weighted by Gasteiger charge is 2.21. The maximum absolute atomic E-state index is 12.4. The molecule has 1 unspecified atom stereocenters. The topological polar surface area (TPSA) is 57.2 Å². The molecule has 170 valence electrons. The van der Waals surface area contributed by atoms with Crippen LogP contribution in [0.25, 0.3) is 0 Å². The summed E-state index contributed by atoms with van der Waals surface area (Å²) in [6.07, 6.45) is 0. The van der Waals surface area contributed by atoms with Gasteiger partial charge in [-0.25, -0.2) is 0 Å². The zero-order valence-corrected chi connectivity index (χ0v) is 21.5. The van der Waals surface area contributed by atoms with Crippen LogP contribution in [0.5, 0.6) is 5.75 Å². The molecular weight excluding hydrogens is 523 g/mol. The Balaban J connectivity index is 0.00000341. The maximum atomic E-state index is 12.4. The first-order valence-electron chi connectivity index (χ1n) is 10.5. The zero-order valence-electron chi connectivity index (χ0n) is 18.3. The molecule has 1 heterocycles. The number of hydrogen-bond acceptors (Lipinski definition) is 4. The van der Waals surface area contributed by atoms with Gasteiger partial charge in [-0.15, -0.1) is 24.0 Å². The number of piperazine rings is 1. The van der Waals surface area contributed by atoms with Gasteiger partial charge in [-0.05, 0) is 24.6 Å². The summed E-state index contributed by atoms with van der Waals surface area (Å²) in [5.41, 5.74) is 2.25. The van der Waals surface area contributed by atoms with E-state index in [0.29, 0.717) is 18.1 Å². The van der Waals surface area contributed by atoms with Crippen molar-refractivity contribution in [1.29, 1.82) is 0 Å². The summed E-state index contributed by atoms with van der Waals surface area (Å²) < 4.78 is 17.9. The maximum Gasteiger partial charge on any atom is 0.194 e. The number of para-hydroxylation sites is 2. The van der Waals surface area contributed by atoms with Crippen molar-refractivity contribution < 1.29 is 8.95 Å². The molecule has 0 amide bonds. The number of hydrogen-bond donors (Lipinski definition) is 1. The average molecular weight is 557 g/mol. The van der Waals surface area contributed by atoms with E-state index in [1.54, 1.807) is 7.11 Å². The van der Waals surface area contributed by atoms with Gasteiger partial charge in [-0.3, -0.25) is 9.20 Å². The molecule has 0 saturated carbocycles. The second-order valence-corrected chi connectivity index (χ2v) is 8.73. The number of anilines is 1. The van der Waals surface area contributed by atoms with Gasteiger partial charge in [0.2, 0.25) is 0 Å². The fraction of sp³-hybridized carbons (Fsp3) is 0.435. The summed E-state index contributed by atoms with van der Waals surface area (Å²) in [5.74, 6) is 2.98. The Bertz CT molecular complexity index is 842. The van der Waals surface area contributed by atoms with Crippen molar-refractivity contribution in [3.63, 3.8) is 0 Å². The molecule has 0 aromatic heterocycles. The minimum atomic E-state index is -0.906. The van der Waals surface area contributed by atoms with Crippen LogP contribution in [-0.2, 0) is 16.6 Å². The third-order valence-electron chi connectivity index (χ3n) is 5.09. The largest absolute Gasteiger partial charge is 0.495 e. The molecule has 1 aliphatic rings. The molecule has 31 heavy (non-hydrogen) atoms. The minimum absolute atomic E-state index is 0.